The third-order valence-electron chi connectivity index (χ3n) is 3.73. The summed E-state index contributed by atoms with van der Waals surface area (Å²) in [6.07, 6.45) is 3.47. The normalized spacial score (nSPS) is 12.6. The van der Waals surface area contributed by atoms with E-state index in [1.54, 1.807) is 6.21 Å². The van der Waals surface area contributed by atoms with Crippen LogP contribution in [0.5, 0.6) is 0 Å². The molecule has 0 radical (unpaired) electrons. The number of nitrogens with zero attached hydrogens (tertiary/aromatic N) is 1. The van der Waals surface area contributed by atoms with E-state index in [2.05, 4.69) is 9.73 Å². The van der Waals surface area contributed by atoms with Gasteiger partial charge in [0.2, 0.25) is 0 Å². The van der Waals surface area contributed by atoms with Crippen molar-refractivity contribution in [1.82, 2.24) is 0 Å². The van der Waals surface area contributed by atoms with Crippen LogP contribution in [0.15, 0.2) is 77.3 Å². The van der Waals surface area contributed by atoms with Crippen molar-refractivity contribution >= 4 is 18.2 Å². The summed E-state index contributed by atoms with van der Waals surface area (Å²) in [7, 11) is 2.52. The second kappa shape index (κ2) is 9.93. The summed E-state index contributed by atoms with van der Waals surface area (Å²) in [5, 5.41) is 0. The van der Waals surface area contributed by atoms with E-state index < -0.39 is 18.0 Å². The number of carbonyl (C=O) groups is 2. The van der Waals surface area contributed by atoms with E-state index in [0.29, 0.717) is 6.42 Å². The second-order valence-corrected chi connectivity index (χ2v) is 5.45. The summed E-state index contributed by atoms with van der Waals surface area (Å²) >= 11 is 0. The van der Waals surface area contributed by atoms with Gasteiger partial charge in [0.15, 0.2) is 0 Å². The number of methoxy groups -OCH3 is 2. The first-order valence-electron chi connectivity index (χ1n) is 8.14. The molecule has 0 heterocycles. The van der Waals surface area contributed by atoms with Crippen molar-refractivity contribution in [3.8, 4) is 0 Å². The summed E-state index contributed by atoms with van der Waals surface area (Å²) in [4.78, 5) is 28.5. The first-order valence-corrected chi connectivity index (χ1v) is 8.14. The van der Waals surface area contributed by atoms with Crippen LogP contribution in [-0.4, -0.2) is 32.4 Å². The van der Waals surface area contributed by atoms with E-state index in [4.69, 9.17) is 4.74 Å². The summed E-state index contributed by atoms with van der Waals surface area (Å²) in [6, 6.07) is 18.4. The van der Waals surface area contributed by atoms with Gasteiger partial charge in [-0.15, -0.1) is 0 Å². The summed E-state index contributed by atoms with van der Waals surface area (Å²) in [6.45, 7) is 0. The van der Waals surface area contributed by atoms with Gasteiger partial charge in [-0.05, 0) is 11.1 Å². The van der Waals surface area contributed by atoms with Crippen molar-refractivity contribution in [1.29, 1.82) is 0 Å². The molecule has 0 aliphatic heterocycles. The van der Waals surface area contributed by atoms with Crippen molar-refractivity contribution in [3.63, 3.8) is 0 Å². The number of carbonyl (C=O) groups excluding carboxylic acids is 2. The third kappa shape index (κ3) is 5.41. The van der Waals surface area contributed by atoms with E-state index in [1.807, 2.05) is 60.7 Å². The monoisotopic (exact) mass is 351 g/mol. The number of aliphatic imine (C=N–C) groups is 1. The topological polar surface area (TPSA) is 65.0 Å². The minimum Gasteiger partial charge on any atom is -0.466 e. The van der Waals surface area contributed by atoms with Crippen LogP contribution in [-0.2, 0) is 25.5 Å². The van der Waals surface area contributed by atoms with Gasteiger partial charge in [-0.1, -0.05) is 60.7 Å². The molecule has 2 rings (SSSR count). The zero-order valence-electron chi connectivity index (χ0n) is 14.8. The predicted molar refractivity (Wildman–Crippen MR) is 99.9 cm³/mol. The molecule has 0 aromatic heterocycles. The summed E-state index contributed by atoms with van der Waals surface area (Å²) in [5.74, 6) is -1.26. The molecule has 0 saturated heterocycles. The first kappa shape index (κ1) is 19.1. The van der Waals surface area contributed by atoms with Gasteiger partial charge < -0.3 is 9.47 Å². The van der Waals surface area contributed by atoms with Crippen molar-refractivity contribution < 1.29 is 19.1 Å². The zero-order chi connectivity index (χ0) is 18.8. The van der Waals surface area contributed by atoms with Gasteiger partial charge in [-0.25, -0.2) is 9.59 Å². The van der Waals surface area contributed by atoms with E-state index in [0.717, 1.165) is 17.2 Å². The molecule has 0 aliphatic rings. The van der Waals surface area contributed by atoms with Crippen molar-refractivity contribution in [2.24, 2.45) is 4.99 Å². The molecule has 1 unspecified atom stereocenters. The lowest BCUT2D eigenvalue weighted by Crippen LogP contribution is -2.15. The third-order valence-corrected chi connectivity index (χ3v) is 3.73. The molecular formula is C21H21NO4. The molecule has 0 amide bonds. The Kier molecular flexibility index (Phi) is 7.31. The second-order valence-electron chi connectivity index (χ2n) is 5.45. The van der Waals surface area contributed by atoms with Gasteiger partial charge in [0.1, 0.15) is 6.04 Å². The van der Waals surface area contributed by atoms with E-state index in [1.165, 1.54) is 14.2 Å². The first-order chi connectivity index (χ1) is 12.7. The Labute approximate surface area is 153 Å². The molecule has 5 nitrogen and oxygen atoms in total. The van der Waals surface area contributed by atoms with Crippen LogP contribution >= 0.6 is 0 Å². The van der Waals surface area contributed by atoms with Crippen LogP contribution in [0.4, 0.5) is 0 Å². The molecule has 1 atom stereocenters. The van der Waals surface area contributed by atoms with Crippen LogP contribution < -0.4 is 0 Å². The van der Waals surface area contributed by atoms with Crippen LogP contribution in [0.1, 0.15) is 17.2 Å². The standard InChI is InChI=1S/C21H21NO4/c1-25-19(23)15-18(21(24)26-2)20(17-11-7-4-8-12-17)22-14-13-16-9-5-3-6-10-16/h3-12,14-15,20H,13H2,1-2H3/b18-15+,22-14?. The highest BCUT2D eigenvalue weighted by Gasteiger charge is 2.24. The molecular weight excluding hydrogens is 330 g/mol. The lowest BCUT2D eigenvalue weighted by Gasteiger charge is -2.15. The highest BCUT2D eigenvalue weighted by Crippen LogP contribution is 2.27. The fourth-order valence-electron chi connectivity index (χ4n) is 2.41. The molecule has 26 heavy (non-hydrogen) atoms. The highest BCUT2D eigenvalue weighted by atomic mass is 16.5. The molecule has 5 heteroatoms. The van der Waals surface area contributed by atoms with E-state index >= 15 is 0 Å². The lowest BCUT2D eigenvalue weighted by atomic mass is 9.98. The molecule has 0 spiro atoms. The fraction of sp³-hybridized carbons (Fsp3) is 0.190. The van der Waals surface area contributed by atoms with Crippen LogP contribution in [0.2, 0.25) is 0 Å². The maximum Gasteiger partial charge on any atom is 0.336 e. The van der Waals surface area contributed by atoms with Crippen molar-refractivity contribution in [2.75, 3.05) is 14.2 Å². The quantitative estimate of drug-likeness (QED) is 0.436. The smallest absolute Gasteiger partial charge is 0.336 e. The summed E-state index contributed by atoms with van der Waals surface area (Å²) in [5.41, 5.74) is 1.99. The molecule has 2 aromatic rings. The Hall–Kier alpha value is -3.21. The van der Waals surface area contributed by atoms with Gasteiger partial charge in [0, 0.05) is 18.7 Å². The Morgan fingerprint density at radius 3 is 2.15 bits per heavy atom. The zero-order valence-corrected chi connectivity index (χ0v) is 14.8. The number of esters is 2. The Morgan fingerprint density at radius 2 is 1.58 bits per heavy atom. The van der Waals surface area contributed by atoms with E-state index in [9.17, 15) is 9.59 Å². The molecule has 0 saturated carbocycles. The van der Waals surface area contributed by atoms with Crippen LogP contribution in [0, 0.1) is 0 Å². The van der Waals surface area contributed by atoms with Gasteiger partial charge in [0.25, 0.3) is 0 Å². The molecule has 0 N–H and O–H groups in total. The average Bonchev–Trinajstić information content (AvgIpc) is 2.70. The summed E-state index contributed by atoms with van der Waals surface area (Å²) < 4.78 is 9.50. The van der Waals surface area contributed by atoms with Crippen LogP contribution in [0.25, 0.3) is 0 Å². The molecule has 0 fully saturated rings. The Morgan fingerprint density at radius 1 is 0.962 bits per heavy atom. The van der Waals surface area contributed by atoms with Crippen LogP contribution in [0.3, 0.4) is 0 Å². The number of ether oxygens (including phenoxy) is 2. The van der Waals surface area contributed by atoms with Crippen molar-refractivity contribution in [3.05, 3.63) is 83.4 Å². The largest absolute Gasteiger partial charge is 0.466 e. The predicted octanol–water partition coefficient (Wildman–Crippen LogP) is 3.31. The molecule has 0 bridgehead atoms. The number of hydrogen-bond donors (Lipinski definition) is 0. The molecule has 2 aromatic carbocycles. The van der Waals surface area contributed by atoms with Crippen molar-refractivity contribution in [2.45, 2.75) is 12.5 Å². The Balaban J connectivity index is 2.37. The number of benzene rings is 2. The highest BCUT2D eigenvalue weighted by molar-refractivity contribution is 5.97. The number of rotatable bonds is 7. The number of hydrogen-bond acceptors (Lipinski definition) is 5. The SMILES string of the molecule is COC(=O)/C=C(/C(=O)OC)C(N=CCc1ccccc1)c1ccccc1. The maximum absolute atomic E-state index is 12.2. The molecule has 134 valence electrons. The van der Waals surface area contributed by atoms with Gasteiger partial charge in [0.05, 0.1) is 19.8 Å². The minimum atomic E-state index is -0.661. The van der Waals surface area contributed by atoms with Gasteiger partial charge in [-0.3, -0.25) is 4.99 Å². The average molecular weight is 351 g/mol. The van der Waals surface area contributed by atoms with E-state index in [-0.39, 0.29) is 5.57 Å². The maximum atomic E-state index is 12.2. The Bertz CT molecular complexity index is 782. The minimum absolute atomic E-state index is 0.120. The fourth-order valence-corrected chi connectivity index (χ4v) is 2.41. The van der Waals surface area contributed by atoms with Gasteiger partial charge >= 0.3 is 11.9 Å². The lowest BCUT2D eigenvalue weighted by molar-refractivity contribution is -0.138. The molecule has 0 aliphatic carbocycles. The van der Waals surface area contributed by atoms with Gasteiger partial charge in [-0.2, -0.15) is 0 Å².